The smallest absolute Gasteiger partial charge is 0.126 e. The van der Waals surface area contributed by atoms with E-state index in [2.05, 4.69) is 32.2 Å². The highest BCUT2D eigenvalue weighted by Gasteiger charge is 1.72. The lowest BCUT2D eigenvalue weighted by molar-refractivity contribution is -0.114. The first kappa shape index (κ1) is 16.8. The van der Waals surface area contributed by atoms with E-state index in [4.69, 9.17) is 0 Å². The van der Waals surface area contributed by atoms with E-state index in [0.717, 1.165) is 5.57 Å². The Morgan fingerprint density at radius 3 is 1.56 bits per heavy atom. The number of ketones is 1. The van der Waals surface area contributed by atoms with Gasteiger partial charge in [-0.05, 0) is 27.7 Å². The minimum absolute atomic E-state index is 0.167. The first-order chi connectivity index (χ1) is 7.40. The van der Waals surface area contributed by atoms with Crippen molar-refractivity contribution in [1.82, 2.24) is 0 Å². The molecule has 0 heterocycles. The molecule has 0 atom stereocenters. The average Bonchev–Trinajstić information content (AvgIpc) is 2.19. The van der Waals surface area contributed by atoms with Gasteiger partial charge in [0.2, 0.25) is 0 Å². The normalized spacial score (nSPS) is 7.50. The van der Waals surface area contributed by atoms with Gasteiger partial charge in [0.25, 0.3) is 0 Å². The maximum absolute atomic E-state index is 9.44. The maximum Gasteiger partial charge on any atom is 0.126 e. The van der Waals surface area contributed by atoms with Crippen LogP contribution in [0.5, 0.6) is 0 Å². The lowest BCUT2D eigenvalue weighted by atomic mass is 10.2. The number of hydrogen-bond donors (Lipinski definition) is 0. The molecule has 1 rings (SSSR count). The fourth-order valence-corrected chi connectivity index (χ4v) is 0.534. The van der Waals surface area contributed by atoms with Gasteiger partial charge in [0.1, 0.15) is 5.78 Å². The van der Waals surface area contributed by atoms with Crippen LogP contribution in [0.1, 0.15) is 26.3 Å². The SMILES string of the molecule is C=CC(=C)C.CC(C)=O.Cc1ccccc1. The van der Waals surface area contributed by atoms with E-state index >= 15 is 0 Å². The summed E-state index contributed by atoms with van der Waals surface area (Å²) in [6, 6.07) is 10.3. The first-order valence-corrected chi connectivity index (χ1v) is 5.17. The van der Waals surface area contributed by atoms with Crippen molar-refractivity contribution < 1.29 is 4.79 Å². The third-order valence-corrected chi connectivity index (χ3v) is 1.29. The monoisotopic (exact) mass is 218 g/mol. The van der Waals surface area contributed by atoms with Crippen LogP contribution in [0.15, 0.2) is 55.1 Å². The molecule has 0 N–H and O–H groups in total. The quantitative estimate of drug-likeness (QED) is 0.641. The molecule has 0 aromatic heterocycles. The molecule has 0 saturated carbocycles. The number of benzene rings is 1. The molecule has 1 heteroatoms. The van der Waals surface area contributed by atoms with Crippen LogP contribution in [-0.4, -0.2) is 5.78 Å². The van der Waals surface area contributed by atoms with Crippen LogP contribution < -0.4 is 0 Å². The molecule has 1 aromatic rings. The van der Waals surface area contributed by atoms with Crippen LogP contribution >= 0.6 is 0 Å². The minimum Gasteiger partial charge on any atom is -0.300 e. The van der Waals surface area contributed by atoms with Gasteiger partial charge in [-0.15, -0.1) is 0 Å². The lowest BCUT2D eigenvalue weighted by Gasteiger charge is -1.82. The van der Waals surface area contributed by atoms with Crippen molar-refractivity contribution >= 4 is 5.78 Å². The first-order valence-electron chi connectivity index (χ1n) is 5.17. The van der Waals surface area contributed by atoms with Gasteiger partial charge in [-0.1, -0.05) is 60.7 Å². The van der Waals surface area contributed by atoms with Gasteiger partial charge in [-0.2, -0.15) is 0 Å². The number of hydrogen-bond acceptors (Lipinski definition) is 1. The second-order valence-electron chi connectivity index (χ2n) is 3.61. The van der Waals surface area contributed by atoms with Crippen molar-refractivity contribution in [3.8, 4) is 0 Å². The third kappa shape index (κ3) is 22.8. The minimum atomic E-state index is 0.167. The van der Waals surface area contributed by atoms with Gasteiger partial charge < -0.3 is 4.79 Å². The molecule has 0 spiro atoms. The molecule has 0 aliphatic carbocycles. The molecular weight excluding hydrogens is 196 g/mol. The molecule has 1 nitrogen and oxygen atoms in total. The van der Waals surface area contributed by atoms with Crippen LogP contribution in [0.3, 0.4) is 0 Å². The van der Waals surface area contributed by atoms with Gasteiger partial charge >= 0.3 is 0 Å². The predicted molar refractivity (Wildman–Crippen MR) is 72.5 cm³/mol. The summed E-state index contributed by atoms with van der Waals surface area (Å²) in [5, 5.41) is 0. The number of rotatable bonds is 1. The summed E-state index contributed by atoms with van der Waals surface area (Å²) in [6.45, 7) is 14.1. The van der Waals surface area contributed by atoms with Gasteiger partial charge in [-0.3, -0.25) is 0 Å². The maximum atomic E-state index is 9.44. The number of aryl methyl sites for hydroxylation is 1. The Bertz CT molecular complexity index is 305. The topological polar surface area (TPSA) is 17.1 Å². The zero-order valence-electron chi connectivity index (χ0n) is 10.8. The number of allylic oxidation sites excluding steroid dienone is 2. The van der Waals surface area contributed by atoms with E-state index in [1.54, 1.807) is 6.08 Å². The van der Waals surface area contributed by atoms with Crippen LogP contribution in [0.2, 0.25) is 0 Å². The zero-order chi connectivity index (χ0) is 13.0. The summed E-state index contributed by atoms with van der Waals surface area (Å²) in [6.07, 6.45) is 1.72. The lowest BCUT2D eigenvalue weighted by Crippen LogP contribution is -1.69. The number of Topliss-reactive ketones (excluding diaryl/α,β-unsaturated/α-hetero) is 1. The molecule has 0 bridgehead atoms. The molecule has 0 aliphatic rings. The summed E-state index contributed by atoms with van der Waals surface area (Å²) in [7, 11) is 0. The van der Waals surface area contributed by atoms with E-state index in [-0.39, 0.29) is 5.78 Å². The van der Waals surface area contributed by atoms with Crippen molar-refractivity contribution in [2.75, 3.05) is 0 Å². The van der Waals surface area contributed by atoms with Crippen LogP contribution in [0.4, 0.5) is 0 Å². The third-order valence-electron chi connectivity index (χ3n) is 1.29. The molecule has 88 valence electrons. The largest absolute Gasteiger partial charge is 0.300 e. The predicted octanol–water partition coefficient (Wildman–Crippen LogP) is 4.34. The fourth-order valence-electron chi connectivity index (χ4n) is 0.534. The highest BCUT2D eigenvalue weighted by atomic mass is 16.1. The number of carbonyl (C=O) groups excluding carboxylic acids is 1. The molecular formula is C15H22O. The summed E-state index contributed by atoms with van der Waals surface area (Å²) >= 11 is 0. The molecule has 0 radical (unpaired) electrons. The molecule has 0 amide bonds. The Hall–Kier alpha value is -1.63. The van der Waals surface area contributed by atoms with Gasteiger partial charge in [0.15, 0.2) is 0 Å². The Balaban J connectivity index is 0. The van der Waals surface area contributed by atoms with Gasteiger partial charge in [0, 0.05) is 0 Å². The van der Waals surface area contributed by atoms with Crippen LogP contribution in [0.25, 0.3) is 0 Å². The number of carbonyl (C=O) groups is 1. The van der Waals surface area contributed by atoms with Gasteiger partial charge in [-0.25, -0.2) is 0 Å². The molecule has 1 aromatic carbocycles. The Morgan fingerprint density at radius 1 is 1.12 bits per heavy atom. The van der Waals surface area contributed by atoms with Crippen LogP contribution in [-0.2, 0) is 4.79 Å². The van der Waals surface area contributed by atoms with Crippen molar-refractivity contribution in [3.05, 3.63) is 60.7 Å². The molecule has 0 unspecified atom stereocenters. The fraction of sp³-hybridized carbons (Fsp3) is 0.267. The Labute approximate surface area is 99.5 Å². The highest BCUT2D eigenvalue weighted by molar-refractivity contribution is 5.72. The van der Waals surface area contributed by atoms with E-state index in [0.29, 0.717) is 0 Å². The second-order valence-corrected chi connectivity index (χ2v) is 3.61. The van der Waals surface area contributed by atoms with Crippen molar-refractivity contribution in [2.45, 2.75) is 27.7 Å². The van der Waals surface area contributed by atoms with Crippen molar-refractivity contribution in [1.29, 1.82) is 0 Å². The van der Waals surface area contributed by atoms with Gasteiger partial charge in [0.05, 0.1) is 0 Å². The summed E-state index contributed by atoms with van der Waals surface area (Å²) in [5.74, 6) is 0.167. The highest BCUT2D eigenvalue weighted by Crippen LogP contribution is 1.92. The van der Waals surface area contributed by atoms with Crippen molar-refractivity contribution in [2.24, 2.45) is 0 Å². The van der Waals surface area contributed by atoms with Crippen molar-refractivity contribution in [3.63, 3.8) is 0 Å². The molecule has 16 heavy (non-hydrogen) atoms. The summed E-state index contributed by atoms with van der Waals surface area (Å²) in [4.78, 5) is 9.44. The summed E-state index contributed by atoms with van der Waals surface area (Å²) in [5.41, 5.74) is 2.34. The van der Waals surface area contributed by atoms with Crippen LogP contribution in [0, 0.1) is 6.92 Å². The Kier molecular flexibility index (Phi) is 12.0. The standard InChI is InChI=1S/C7H8.C5H8.C3H6O/c1-7-5-3-2-4-6-7;1-4-5(2)3;1-3(2)4/h2-6H,1H3;4H,1-2H2,3H3;1-2H3. The molecule has 0 saturated heterocycles. The second kappa shape index (κ2) is 11.4. The van der Waals surface area contributed by atoms with E-state index in [9.17, 15) is 4.79 Å². The zero-order valence-corrected chi connectivity index (χ0v) is 10.8. The molecule has 0 fully saturated rings. The molecule has 0 aliphatic heterocycles. The average molecular weight is 218 g/mol. The van der Waals surface area contributed by atoms with E-state index < -0.39 is 0 Å². The Morgan fingerprint density at radius 2 is 1.44 bits per heavy atom. The summed E-state index contributed by atoms with van der Waals surface area (Å²) < 4.78 is 0. The van der Waals surface area contributed by atoms with E-state index in [1.807, 2.05) is 25.1 Å². The van der Waals surface area contributed by atoms with E-state index in [1.165, 1.54) is 19.4 Å².